The summed E-state index contributed by atoms with van der Waals surface area (Å²) in [6.45, 7) is 4.72. The first kappa shape index (κ1) is 33.9. The Morgan fingerprint density at radius 3 is 1.86 bits per heavy atom. The van der Waals surface area contributed by atoms with Gasteiger partial charge in [0, 0.05) is 27.9 Å². The van der Waals surface area contributed by atoms with Crippen molar-refractivity contribution in [1.29, 1.82) is 0 Å². The predicted molar refractivity (Wildman–Crippen MR) is 242 cm³/mol. The molecule has 0 fully saturated rings. The van der Waals surface area contributed by atoms with Crippen LogP contribution in [0.25, 0.3) is 44.2 Å². The molecule has 0 bridgehead atoms. The van der Waals surface area contributed by atoms with Crippen LogP contribution in [0.4, 0.5) is 34.1 Å². The number of anilines is 6. The Balaban J connectivity index is 1.03. The first-order valence-corrected chi connectivity index (χ1v) is 20.0. The molecule has 2 aliphatic rings. The topological polar surface area (TPSA) is 15.7 Å². The van der Waals surface area contributed by atoms with Crippen molar-refractivity contribution in [2.24, 2.45) is 0 Å². The molecule has 2 aliphatic heterocycles. The zero-order chi connectivity index (χ0) is 38.8. The SMILES string of the molecule is CC1(C)c2cccc3c2N(c2cccc(-c4cccc(-c5cccc(N(c6ccccc6)c6ccc(-c7ccccc7)cc6)c5)c4)c21)c1c(ccc2ccccc12)O3. The third-order valence-electron chi connectivity index (χ3n) is 12.0. The molecule has 9 aromatic carbocycles. The van der Waals surface area contributed by atoms with Gasteiger partial charge in [0.1, 0.15) is 0 Å². The molecule has 3 heteroatoms. The van der Waals surface area contributed by atoms with Crippen LogP contribution >= 0.6 is 0 Å². The van der Waals surface area contributed by atoms with Gasteiger partial charge >= 0.3 is 0 Å². The van der Waals surface area contributed by atoms with Crippen LogP contribution in [-0.2, 0) is 5.41 Å². The van der Waals surface area contributed by atoms with Crippen LogP contribution in [0.2, 0.25) is 0 Å². The monoisotopic (exact) mass is 744 g/mol. The summed E-state index contributed by atoms with van der Waals surface area (Å²) < 4.78 is 6.68. The van der Waals surface area contributed by atoms with Crippen molar-refractivity contribution in [2.75, 3.05) is 9.80 Å². The van der Waals surface area contributed by atoms with Gasteiger partial charge in [-0.3, -0.25) is 0 Å². The lowest BCUT2D eigenvalue weighted by atomic mass is 9.70. The number of hydrogen-bond donors (Lipinski definition) is 0. The van der Waals surface area contributed by atoms with E-state index in [1.165, 1.54) is 55.4 Å². The molecule has 0 unspecified atom stereocenters. The molecule has 0 radical (unpaired) electrons. The Hall–Kier alpha value is -7.36. The quantitative estimate of drug-likeness (QED) is 0.169. The van der Waals surface area contributed by atoms with E-state index >= 15 is 0 Å². The van der Waals surface area contributed by atoms with Crippen LogP contribution in [0, 0.1) is 0 Å². The van der Waals surface area contributed by atoms with E-state index in [4.69, 9.17) is 4.74 Å². The second kappa shape index (κ2) is 13.4. The Kier molecular flexibility index (Phi) is 7.84. The van der Waals surface area contributed by atoms with Crippen LogP contribution in [-0.4, -0.2) is 0 Å². The lowest BCUT2D eigenvalue weighted by molar-refractivity contribution is 0.472. The van der Waals surface area contributed by atoms with Crippen LogP contribution in [0.15, 0.2) is 206 Å². The summed E-state index contributed by atoms with van der Waals surface area (Å²) in [5.74, 6) is 1.76. The summed E-state index contributed by atoms with van der Waals surface area (Å²) in [5.41, 5.74) is 16.1. The molecule has 11 rings (SSSR count). The molecule has 9 aromatic rings. The number of rotatable bonds is 6. The van der Waals surface area contributed by atoms with Crippen LogP contribution in [0.1, 0.15) is 25.0 Å². The van der Waals surface area contributed by atoms with Gasteiger partial charge in [-0.1, -0.05) is 159 Å². The summed E-state index contributed by atoms with van der Waals surface area (Å²) in [6, 6.07) is 74.3. The van der Waals surface area contributed by atoms with E-state index in [1.807, 2.05) is 0 Å². The van der Waals surface area contributed by atoms with E-state index < -0.39 is 0 Å². The molecule has 276 valence electrons. The normalized spacial score (nSPS) is 13.2. The minimum Gasteiger partial charge on any atom is -0.453 e. The Bertz CT molecular complexity index is 3010. The number of benzene rings is 9. The fourth-order valence-electron chi connectivity index (χ4n) is 9.27. The molecule has 0 aromatic heterocycles. The van der Waals surface area contributed by atoms with E-state index in [2.05, 4.69) is 230 Å². The summed E-state index contributed by atoms with van der Waals surface area (Å²) in [4.78, 5) is 4.81. The maximum atomic E-state index is 6.68. The average molecular weight is 745 g/mol. The van der Waals surface area contributed by atoms with Gasteiger partial charge in [-0.2, -0.15) is 0 Å². The zero-order valence-corrected chi connectivity index (χ0v) is 32.4. The van der Waals surface area contributed by atoms with Gasteiger partial charge in [0.15, 0.2) is 11.5 Å². The molecule has 3 nitrogen and oxygen atoms in total. The van der Waals surface area contributed by atoms with Gasteiger partial charge in [-0.15, -0.1) is 0 Å². The highest BCUT2D eigenvalue weighted by Crippen LogP contribution is 2.62. The lowest BCUT2D eigenvalue weighted by Gasteiger charge is -2.46. The molecule has 0 spiro atoms. The molecule has 0 aliphatic carbocycles. The van der Waals surface area contributed by atoms with E-state index in [0.29, 0.717) is 0 Å². The van der Waals surface area contributed by atoms with Gasteiger partial charge in [0.2, 0.25) is 0 Å². The molecule has 0 N–H and O–H groups in total. The second-order valence-corrected chi connectivity index (χ2v) is 15.8. The predicted octanol–water partition coefficient (Wildman–Crippen LogP) is 15.5. The van der Waals surface area contributed by atoms with Crippen molar-refractivity contribution in [3.8, 4) is 44.9 Å². The largest absolute Gasteiger partial charge is 0.453 e. The van der Waals surface area contributed by atoms with E-state index in [-0.39, 0.29) is 5.41 Å². The van der Waals surface area contributed by atoms with Crippen LogP contribution < -0.4 is 14.5 Å². The minimum atomic E-state index is -0.304. The van der Waals surface area contributed by atoms with Crippen molar-refractivity contribution in [3.05, 3.63) is 217 Å². The molecule has 0 saturated carbocycles. The number of hydrogen-bond acceptors (Lipinski definition) is 3. The molecule has 0 saturated heterocycles. The maximum Gasteiger partial charge on any atom is 0.152 e. The van der Waals surface area contributed by atoms with Crippen molar-refractivity contribution < 1.29 is 4.74 Å². The second-order valence-electron chi connectivity index (χ2n) is 15.8. The number of ether oxygens (including phenoxy) is 1. The highest BCUT2D eigenvalue weighted by atomic mass is 16.5. The van der Waals surface area contributed by atoms with Gasteiger partial charge in [-0.25, -0.2) is 0 Å². The van der Waals surface area contributed by atoms with Gasteiger partial charge in [0.05, 0.1) is 17.1 Å². The third-order valence-corrected chi connectivity index (χ3v) is 12.0. The molecule has 0 atom stereocenters. The van der Waals surface area contributed by atoms with Crippen molar-refractivity contribution in [1.82, 2.24) is 0 Å². The first-order valence-electron chi connectivity index (χ1n) is 20.0. The van der Waals surface area contributed by atoms with Crippen molar-refractivity contribution in [2.45, 2.75) is 19.3 Å². The highest BCUT2D eigenvalue weighted by Gasteiger charge is 2.43. The average Bonchev–Trinajstić information content (AvgIpc) is 3.28. The summed E-state index contributed by atoms with van der Waals surface area (Å²) in [7, 11) is 0. The lowest BCUT2D eigenvalue weighted by Crippen LogP contribution is -2.33. The maximum absolute atomic E-state index is 6.68. The number of nitrogens with zero attached hydrogens (tertiary/aromatic N) is 2. The Morgan fingerprint density at radius 2 is 1.03 bits per heavy atom. The van der Waals surface area contributed by atoms with E-state index in [0.717, 1.165) is 45.5 Å². The summed E-state index contributed by atoms with van der Waals surface area (Å²) >= 11 is 0. The summed E-state index contributed by atoms with van der Waals surface area (Å²) in [5, 5.41) is 2.37. The van der Waals surface area contributed by atoms with E-state index in [1.54, 1.807) is 0 Å². The number of para-hydroxylation sites is 2. The minimum absolute atomic E-state index is 0.304. The Labute approximate surface area is 339 Å². The van der Waals surface area contributed by atoms with Crippen LogP contribution in [0.5, 0.6) is 11.5 Å². The smallest absolute Gasteiger partial charge is 0.152 e. The third kappa shape index (κ3) is 5.43. The van der Waals surface area contributed by atoms with Gasteiger partial charge < -0.3 is 14.5 Å². The fraction of sp³-hybridized carbons (Fsp3) is 0.0545. The molecule has 0 amide bonds. The Morgan fingerprint density at radius 1 is 0.431 bits per heavy atom. The zero-order valence-electron chi connectivity index (χ0n) is 32.4. The van der Waals surface area contributed by atoms with Gasteiger partial charge in [0.25, 0.3) is 0 Å². The molecular weight excluding hydrogens is 705 g/mol. The molecule has 2 heterocycles. The summed E-state index contributed by atoms with van der Waals surface area (Å²) in [6.07, 6.45) is 0. The van der Waals surface area contributed by atoms with Gasteiger partial charge in [-0.05, 0) is 111 Å². The standard InChI is InChI=1S/C55H40N2O/c1-55(2)48-26-14-28-50-54(48)57(53-47-24-10-9-17-39(47)31-34-51(53)58-50)49-27-13-25-46(52(49)55)42-20-11-18-40(35-42)41-19-12-23-45(36-41)56(43-21-7-4-8-22-43)44-32-29-38(30-33-44)37-15-5-3-6-16-37/h3-36H,1-2H3. The van der Waals surface area contributed by atoms with Crippen molar-refractivity contribution in [3.63, 3.8) is 0 Å². The van der Waals surface area contributed by atoms with Crippen molar-refractivity contribution >= 4 is 44.9 Å². The fourth-order valence-corrected chi connectivity index (χ4v) is 9.27. The van der Waals surface area contributed by atoms with Crippen LogP contribution in [0.3, 0.4) is 0 Å². The first-order chi connectivity index (χ1) is 28.5. The van der Waals surface area contributed by atoms with E-state index in [9.17, 15) is 0 Å². The number of fused-ring (bicyclic) bond motifs is 6. The molecule has 58 heavy (non-hydrogen) atoms. The molecular formula is C55H40N2O. The highest BCUT2D eigenvalue weighted by molar-refractivity contribution is 6.06.